The van der Waals surface area contributed by atoms with Crippen LogP contribution in [-0.2, 0) is 9.47 Å². The minimum Gasteiger partial charge on any atom is -0.394 e. The zero-order valence-corrected chi connectivity index (χ0v) is 18.9. The van der Waals surface area contributed by atoms with Crippen LogP contribution in [0.2, 0.25) is 0 Å². The first-order chi connectivity index (χ1) is 14.6. The number of hydrogen-bond acceptors (Lipinski definition) is 12. The predicted molar refractivity (Wildman–Crippen MR) is 110 cm³/mol. The smallest absolute Gasteiger partial charge is 0.241 e. The van der Waals surface area contributed by atoms with Crippen molar-refractivity contribution < 1.29 is 50.3 Å². The van der Waals surface area contributed by atoms with Crippen LogP contribution in [0.4, 0.5) is 0 Å². The number of aliphatic hydroxyl groups is 8. The van der Waals surface area contributed by atoms with Crippen LogP contribution in [0.3, 0.4) is 0 Å². The molecule has 188 valence electrons. The number of hydrogen-bond donors (Lipinski definition) is 8. The highest BCUT2D eigenvalue weighted by Crippen LogP contribution is 2.34. The third-order valence-corrected chi connectivity index (χ3v) is 4.94. The Morgan fingerprint density at radius 2 is 1.52 bits per heavy atom. The molecule has 0 aromatic rings. The molecule has 0 amide bonds. The highest BCUT2D eigenvalue weighted by atomic mass is 16.6. The Hall–Kier alpha value is -0.800. The van der Waals surface area contributed by atoms with E-state index in [1.807, 2.05) is 27.7 Å². The van der Waals surface area contributed by atoms with Crippen LogP contribution in [0.15, 0.2) is 5.18 Å². The normalized spacial score (nSPS) is 28.7. The lowest BCUT2D eigenvalue weighted by molar-refractivity contribution is -0.281. The van der Waals surface area contributed by atoms with Gasteiger partial charge in [0.15, 0.2) is 6.29 Å². The van der Waals surface area contributed by atoms with Gasteiger partial charge in [-0.2, -0.15) is 0 Å². The molecular weight excluding hydrogens is 418 g/mol. The summed E-state index contributed by atoms with van der Waals surface area (Å²) < 4.78 is 9.70. The van der Waals surface area contributed by atoms with Crippen molar-refractivity contribution in [2.45, 2.75) is 96.8 Å². The van der Waals surface area contributed by atoms with E-state index < -0.39 is 55.9 Å². The summed E-state index contributed by atoms with van der Waals surface area (Å²) in [5.41, 5.74) is 0. The third-order valence-electron chi connectivity index (χ3n) is 4.94. The van der Waals surface area contributed by atoms with E-state index in [1.165, 1.54) is 6.92 Å². The number of ether oxygens (including phenoxy) is 2. The van der Waals surface area contributed by atoms with Gasteiger partial charge in [-0.3, -0.25) is 0 Å². The van der Waals surface area contributed by atoms with Gasteiger partial charge in [0.1, 0.15) is 12.2 Å². The molecule has 1 saturated heterocycles. The molecule has 0 spiro atoms. The van der Waals surface area contributed by atoms with Crippen LogP contribution in [0, 0.1) is 16.7 Å². The summed E-state index contributed by atoms with van der Waals surface area (Å²) in [5.74, 6) is -0.173. The number of nitroso groups, excluding NO2 is 1. The highest BCUT2D eigenvalue weighted by Gasteiger charge is 2.45. The second-order valence-corrected chi connectivity index (χ2v) is 6.89. The molecule has 1 aliphatic heterocycles. The molecule has 0 saturated carbocycles. The first-order valence-corrected chi connectivity index (χ1v) is 10.5. The maximum atomic E-state index is 9.96. The molecule has 8 atom stereocenters. The lowest BCUT2D eigenvalue weighted by Gasteiger charge is -2.43. The van der Waals surface area contributed by atoms with Gasteiger partial charge in [-0.25, -0.2) is 0 Å². The van der Waals surface area contributed by atoms with Crippen molar-refractivity contribution in [3.63, 3.8) is 0 Å². The van der Waals surface area contributed by atoms with E-state index in [9.17, 15) is 25.3 Å². The van der Waals surface area contributed by atoms with Gasteiger partial charge in [0.05, 0.1) is 31.5 Å². The number of nitrogens with zero attached hydrogens (tertiary/aromatic N) is 1. The van der Waals surface area contributed by atoms with E-state index in [4.69, 9.17) is 25.2 Å². The molecule has 12 nitrogen and oxygen atoms in total. The molecular formula is C19H41NO11. The van der Waals surface area contributed by atoms with Crippen LogP contribution < -0.4 is 0 Å². The molecule has 1 heterocycles. The fourth-order valence-electron chi connectivity index (χ4n) is 3.18. The van der Waals surface area contributed by atoms with Crippen molar-refractivity contribution in [1.29, 1.82) is 0 Å². The van der Waals surface area contributed by atoms with E-state index in [1.54, 1.807) is 0 Å². The Morgan fingerprint density at radius 3 is 1.84 bits per heavy atom. The maximum absolute atomic E-state index is 9.96. The van der Waals surface area contributed by atoms with Crippen molar-refractivity contribution in [3.05, 3.63) is 4.91 Å². The van der Waals surface area contributed by atoms with Crippen LogP contribution in [0.1, 0.15) is 47.5 Å². The van der Waals surface area contributed by atoms with Crippen LogP contribution in [0.5, 0.6) is 0 Å². The topological polar surface area (TPSA) is 210 Å². The van der Waals surface area contributed by atoms with E-state index >= 15 is 0 Å². The zero-order chi connectivity index (χ0) is 24.7. The van der Waals surface area contributed by atoms with E-state index in [0.717, 1.165) is 12.8 Å². The molecule has 8 N–H and O–H groups in total. The summed E-state index contributed by atoms with van der Waals surface area (Å²) in [6.45, 7) is 8.50. The van der Waals surface area contributed by atoms with Gasteiger partial charge in [-0.05, 0) is 18.0 Å². The molecule has 0 aromatic carbocycles. The zero-order valence-electron chi connectivity index (χ0n) is 18.9. The first kappa shape index (κ1) is 32.4. The molecule has 0 bridgehead atoms. The molecule has 12 heteroatoms. The van der Waals surface area contributed by atoms with Crippen molar-refractivity contribution in [1.82, 2.24) is 0 Å². The lowest BCUT2D eigenvalue weighted by Crippen LogP contribution is -2.57. The van der Waals surface area contributed by atoms with Gasteiger partial charge in [0.2, 0.25) is 12.5 Å². The number of rotatable bonds is 10. The average Bonchev–Trinajstić information content (AvgIpc) is 2.76. The van der Waals surface area contributed by atoms with E-state index in [2.05, 4.69) is 9.91 Å². The van der Waals surface area contributed by atoms with Gasteiger partial charge < -0.3 is 50.3 Å². The highest BCUT2D eigenvalue weighted by molar-refractivity contribution is 4.91. The largest absolute Gasteiger partial charge is 0.394 e. The van der Waals surface area contributed by atoms with E-state index in [0.29, 0.717) is 0 Å². The Labute approximate surface area is 183 Å². The molecule has 7 unspecified atom stereocenters. The molecule has 1 fully saturated rings. The third kappa shape index (κ3) is 10.6. The standard InChI is InChI=1S/C11H22O5.C6H13NO6.C2H6/c1-3-6(4-2)8-7(5-12)16-11(15)10(14)9(8)13;1-3(9)4(2-8)13-5(7-12)6(10)11;1-2/h6-15H,3-5H2,1-2H3;3-6,8-11H,2H2,1H3;1-2H3/t;3-,4?,5?;/m.0./s1. The van der Waals surface area contributed by atoms with Crippen LogP contribution in [-0.4, -0.2) is 103 Å². The van der Waals surface area contributed by atoms with Crippen LogP contribution >= 0.6 is 0 Å². The minimum absolute atomic E-state index is 0.161. The molecule has 0 aromatic heterocycles. The number of aliphatic hydroxyl groups excluding tert-OH is 7. The minimum atomic E-state index is -2.06. The summed E-state index contributed by atoms with van der Waals surface area (Å²) in [7, 11) is 0. The first-order valence-electron chi connectivity index (χ1n) is 10.5. The summed E-state index contributed by atoms with van der Waals surface area (Å²) >= 11 is 0. The molecule has 0 radical (unpaired) electrons. The molecule has 0 aliphatic carbocycles. The average molecular weight is 460 g/mol. The molecule has 31 heavy (non-hydrogen) atoms. The molecule has 1 aliphatic rings. The summed E-state index contributed by atoms with van der Waals surface area (Å²) in [4.78, 5) is 9.96. The van der Waals surface area contributed by atoms with Crippen LogP contribution in [0.25, 0.3) is 0 Å². The van der Waals surface area contributed by atoms with E-state index in [-0.39, 0.29) is 18.4 Å². The predicted octanol–water partition coefficient (Wildman–Crippen LogP) is -1.36. The van der Waals surface area contributed by atoms with Gasteiger partial charge in [0.25, 0.3) is 0 Å². The molecule has 1 rings (SSSR count). The fraction of sp³-hybridized carbons (Fsp3) is 1.00. The Morgan fingerprint density at radius 1 is 1.00 bits per heavy atom. The van der Waals surface area contributed by atoms with Crippen molar-refractivity contribution in [2.75, 3.05) is 13.2 Å². The second kappa shape index (κ2) is 17.7. The van der Waals surface area contributed by atoms with Gasteiger partial charge >= 0.3 is 0 Å². The quantitative estimate of drug-likeness (QED) is 0.141. The van der Waals surface area contributed by atoms with Gasteiger partial charge in [0, 0.05) is 5.92 Å². The monoisotopic (exact) mass is 459 g/mol. The van der Waals surface area contributed by atoms with Gasteiger partial charge in [-0.15, -0.1) is 4.91 Å². The Bertz CT molecular complexity index is 435. The van der Waals surface area contributed by atoms with Crippen molar-refractivity contribution in [3.8, 4) is 0 Å². The second-order valence-electron chi connectivity index (χ2n) is 6.89. The van der Waals surface area contributed by atoms with Gasteiger partial charge in [-0.1, -0.05) is 40.5 Å². The summed E-state index contributed by atoms with van der Waals surface area (Å²) in [6.07, 6.45) is -8.58. The SMILES string of the molecule is CC.CCC(CC)C1C(CO)OC(O)C(O)C1O.C[C@H](O)C(CO)OC(N=O)C(O)O. The van der Waals surface area contributed by atoms with Crippen molar-refractivity contribution >= 4 is 0 Å². The maximum Gasteiger partial charge on any atom is 0.241 e. The van der Waals surface area contributed by atoms with Crippen molar-refractivity contribution in [2.24, 2.45) is 17.0 Å². The Kier molecular flexibility index (Phi) is 18.5. The lowest BCUT2D eigenvalue weighted by atomic mass is 9.77. The summed E-state index contributed by atoms with van der Waals surface area (Å²) in [5, 5.41) is 74.9. The Balaban J connectivity index is 0. The summed E-state index contributed by atoms with van der Waals surface area (Å²) in [6, 6.07) is 0. The fourth-order valence-corrected chi connectivity index (χ4v) is 3.18.